The number of carbonyl (C=O) groups excluding carboxylic acids is 1. The average molecular weight is 185 g/mol. The Labute approximate surface area is 80.4 Å². The van der Waals surface area contributed by atoms with Gasteiger partial charge in [0.05, 0.1) is 0 Å². The van der Waals surface area contributed by atoms with Gasteiger partial charge in [0.2, 0.25) is 0 Å². The molecule has 0 aromatic rings. The molecule has 0 N–H and O–H groups in total. The van der Waals surface area contributed by atoms with E-state index in [1.54, 1.807) is 6.92 Å². The van der Waals surface area contributed by atoms with E-state index in [-0.39, 0.29) is 5.97 Å². The lowest BCUT2D eigenvalue weighted by atomic mass is 10.2. The number of likely N-dealkylation sites (N-methyl/N-ethyl adjacent to an activating group) is 1. The molecule has 0 aliphatic heterocycles. The fraction of sp³-hybridized carbons (Fsp3) is 0.700. The van der Waals surface area contributed by atoms with Crippen molar-refractivity contribution in [3.05, 3.63) is 11.6 Å². The maximum Gasteiger partial charge on any atom is 0.333 e. The SMILES string of the molecule is CCC=C(C)C(=O)OCCN(C)C. The van der Waals surface area contributed by atoms with Crippen LogP contribution in [-0.2, 0) is 9.53 Å². The van der Waals surface area contributed by atoms with Crippen molar-refractivity contribution in [2.45, 2.75) is 20.3 Å². The fourth-order valence-electron chi connectivity index (χ4n) is 0.824. The van der Waals surface area contributed by atoms with Gasteiger partial charge in [0.25, 0.3) is 0 Å². The van der Waals surface area contributed by atoms with Crippen molar-refractivity contribution in [3.63, 3.8) is 0 Å². The van der Waals surface area contributed by atoms with Gasteiger partial charge < -0.3 is 9.64 Å². The number of ether oxygens (including phenoxy) is 1. The third kappa shape index (κ3) is 6.34. The molecule has 0 fully saturated rings. The Morgan fingerprint density at radius 2 is 2.08 bits per heavy atom. The lowest BCUT2D eigenvalue weighted by Gasteiger charge is -2.09. The molecule has 0 radical (unpaired) electrons. The van der Waals surface area contributed by atoms with E-state index in [1.807, 2.05) is 32.0 Å². The first-order valence-corrected chi connectivity index (χ1v) is 4.56. The molecule has 0 saturated heterocycles. The second kappa shape index (κ2) is 6.66. The zero-order valence-electron chi connectivity index (χ0n) is 8.96. The number of allylic oxidation sites excluding steroid dienone is 1. The summed E-state index contributed by atoms with van der Waals surface area (Å²) in [6, 6.07) is 0. The van der Waals surface area contributed by atoms with Gasteiger partial charge in [0.15, 0.2) is 0 Å². The highest BCUT2D eigenvalue weighted by Gasteiger charge is 2.03. The van der Waals surface area contributed by atoms with Crippen molar-refractivity contribution in [3.8, 4) is 0 Å². The van der Waals surface area contributed by atoms with Gasteiger partial charge >= 0.3 is 5.97 Å². The van der Waals surface area contributed by atoms with Gasteiger partial charge in [-0.15, -0.1) is 0 Å². The molecule has 76 valence electrons. The van der Waals surface area contributed by atoms with Gasteiger partial charge in [-0.2, -0.15) is 0 Å². The smallest absolute Gasteiger partial charge is 0.333 e. The van der Waals surface area contributed by atoms with Gasteiger partial charge in [0.1, 0.15) is 6.61 Å². The number of hydrogen-bond acceptors (Lipinski definition) is 3. The van der Waals surface area contributed by atoms with Crippen LogP contribution >= 0.6 is 0 Å². The first kappa shape index (κ1) is 12.2. The van der Waals surface area contributed by atoms with E-state index in [4.69, 9.17) is 4.74 Å². The van der Waals surface area contributed by atoms with Gasteiger partial charge in [-0.05, 0) is 27.4 Å². The van der Waals surface area contributed by atoms with Crippen LogP contribution in [0.15, 0.2) is 11.6 Å². The van der Waals surface area contributed by atoms with Crippen LogP contribution in [0.3, 0.4) is 0 Å². The average Bonchev–Trinajstić information content (AvgIpc) is 2.04. The second-order valence-corrected chi connectivity index (χ2v) is 3.23. The molecule has 0 atom stereocenters. The zero-order valence-corrected chi connectivity index (χ0v) is 8.96. The maximum atomic E-state index is 11.2. The molecular weight excluding hydrogens is 166 g/mol. The van der Waals surface area contributed by atoms with Crippen LogP contribution in [0, 0.1) is 0 Å². The van der Waals surface area contributed by atoms with E-state index < -0.39 is 0 Å². The summed E-state index contributed by atoms with van der Waals surface area (Å²) in [6.07, 6.45) is 2.74. The number of hydrogen-bond donors (Lipinski definition) is 0. The van der Waals surface area contributed by atoms with Gasteiger partial charge in [-0.3, -0.25) is 0 Å². The third-order valence-corrected chi connectivity index (χ3v) is 1.60. The third-order valence-electron chi connectivity index (χ3n) is 1.60. The van der Waals surface area contributed by atoms with Crippen LogP contribution in [0.2, 0.25) is 0 Å². The monoisotopic (exact) mass is 185 g/mol. The quantitative estimate of drug-likeness (QED) is 0.479. The summed E-state index contributed by atoms with van der Waals surface area (Å²) < 4.78 is 5.02. The summed E-state index contributed by atoms with van der Waals surface area (Å²) in [6.45, 7) is 5.00. The topological polar surface area (TPSA) is 29.5 Å². The molecular formula is C10H19NO2. The Balaban J connectivity index is 3.69. The highest BCUT2D eigenvalue weighted by atomic mass is 16.5. The van der Waals surface area contributed by atoms with Gasteiger partial charge in [0, 0.05) is 12.1 Å². The van der Waals surface area contributed by atoms with E-state index in [1.165, 1.54) is 0 Å². The highest BCUT2D eigenvalue weighted by molar-refractivity contribution is 5.87. The standard InChI is InChI=1S/C10H19NO2/c1-5-6-9(2)10(12)13-8-7-11(3)4/h6H,5,7-8H2,1-4H3. The Morgan fingerprint density at radius 1 is 1.46 bits per heavy atom. The molecule has 0 spiro atoms. The lowest BCUT2D eigenvalue weighted by molar-refractivity contribution is -0.139. The Kier molecular flexibility index (Phi) is 6.24. The van der Waals surface area contributed by atoms with Crippen LogP contribution in [-0.4, -0.2) is 38.1 Å². The van der Waals surface area contributed by atoms with Gasteiger partial charge in [-0.25, -0.2) is 4.79 Å². The molecule has 3 heteroatoms. The summed E-state index contributed by atoms with van der Waals surface area (Å²) in [5, 5.41) is 0. The Hall–Kier alpha value is -0.830. The van der Waals surface area contributed by atoms with Crippen molar-refractivity contribution < 1.29 is 9.53 Å². The second-order valence-electron chi connectivity index (χ2n) is 3.23. The van der Waals surface area contributed by atoms with Crippen molar-refractivity contribution >= 4 is 5.97 Å². The van der Waals surface area contributed by atoms with Crippen molar-refractivity contribution in [2.75, 3.05) is 27.2 Å². The molecule has 0 aromatic carbocycles. The molecule has 0 unspecified atom stereocenters. The lowest BCUT2D eigenvalue weighted by Crippen LogP contribution is -2.20. The van der Waals surface area contributed by atoms with E-state index in [2.05, 4.69) is 0 Å². The van der Waals surface area contributed by atoms with E-state index in [0.717, 1.165) is 13.0 Å². The Bertz CT molecular complexity index is 185. The Morgan fingerprint density at radius 3 is 2.54 bits per heavy atom. The van der Waals surface area contributed by atoms with Crippen LogP contribution in [0.4, 0.5) is 0 Å². The predicted molar refractivity (Wildman–Crippen MR) is 53.6 cm³/mol. The molecule has 0 heterocycles. The predicted octanol–water partition coefficient (Wildman–Crippen LogP) is 1.45. The molecule has 0 aliphatic carbocycles. The van der Waals surface area contributed by atoms with Crippen LogP contribution in [0.25, 0.3) is 0 Å². The largest absolute Gasteiger partial charge is 0.461 e. The number of nitrogens with zero attached hydrogens (tertiary/aromatic N) is 1. The van der Waals surface area contributed by atoms with Crippen molar-refractivity contribution in [1.82, 2.24) is 4.90 Å². The zero-order chi connectivity index (χ0) is 10.3. The summed E-state index contributed by atoms with van der Waals surface area (Å²) in [5.74, 6) is -0.205. The minimum Gasteiger partial charge on any atom is -0.461 e. The molecule has 3 nitrogen and oxygen atoms in total. The first-order chi connectivity index (χ1) is 6.07. The summed E-state index contributed by atoms with van der Waals surface area (Å²) in [5.41, 5.74) is 0.696. The summed E-state index contributed by atoms with van der Waals surface area (Å²) in [4.78, 5) is 13.2. The van der Waals surface area contributed by atoms with Crippen LogP contribution in [0.5, 0.6) is 0 Å². The highest BCUT2D eigenvalue weighted by Crippen LogP contribution is 1.98. The molecule has 0 amide bonds. The molecule has 0 rings (SSSR count). The first-order valence-electron chi connectivity index (χ1n) is 4.56. The minimum absolute atomic E-state index is 0.205. The maximum absolute atomic E-state index is 11.2. The van der Waals surface area contributed by atoms with E-state index in [0.29, 0.717) is 12.2 Å². The van der Waals surface area contributed by atoms with E-state index in [9.17, 15) is 4.79 Å². The summed E-state index contributed by atoms with van der Waals surface area (Å²) >= 11 is 0. The van der Waals surface area contributed by atoms with E-state index >= 15 is 0 Å². The molecule has 0 bridgehead atoms. The van der Waals surface area contributed by atoms with Gasteiger partial charge in [-0.1, -0.05) is 13.0 Å². The molecule has 0 aromatic heterocycles. The molecule has 0 saturated carbocycles. The molecule has 0 aliphatic rings. The summed E-state index contributed by atoms with van der Waals surface area (Å²) in [7, 11) is 3.89. The number of carbonyl (C=O) groups is 1. The fourth-order valence-corrected chi connectivity index (χ4v) is 0.824. The minimum atomic E-state index is -0.205. The van der Waals surface area contributed by atoms with Crippen molar-refractivity contribution in [1.29, 1.82) is 0 Å². The molecule has 13 heavy (non-hydrogen) atoms. The number of rotatable bonds is 5. The van der Waals surface area contributed by atoms with Crippen LogP contribution in [0.1, 0.15) is 20.3 Å². The number of esters is 1. The van der Waals surface area contributed by atoms with Crippen molar-refractivity contribution in [2.24, 2.45) is 0 Å². The van der Waals surface area contributed by atoms with Crippen LogP contribution < -0.4 is 0 Å². The normalized spacial score (nSPS) is 11.9.